The van der Waals surface area contributed by atoms with E-state index in [0.29, 0.717) is 17.8 Å². The van der Waals surface area contributed by atoms with Crippen molar-refractivity contribution in [2.45, 2.75) is 13.5 Å². The fourth-order valence-electron chi connectivity index (χ4n) is 2.70. The SMILES string of the molecule is COC(=O)c1cccc(NC(=O)c2ccc(NCc3cccc(C)c3)cn2)c1. The number of benzene rings is 2. The highest BCUT2D eigenvalue weighted by Gasteiger charge is 2.10. The Kier molecular flexibility index (Phi) is 6.01. The molecule has 1 heterocycles. The molecule has 0 aliphatic rings. The Morgan fingerprint density at radius 1 is 1.00 bits per heavy atom. The third kappa shape index (κ3) is 4.94. The normalized spacial score (nSPS) is 10.2. The number of aryl methyl sites for hydroxylation is 1. The first-order valence-corrected chi connectivity index (χ1v) is 8.80. The number of aromatic nitrogens is 1. The smallest absolute Gasteiger partial charge is 0.337 e. The van der Waals surface area contributed by atoms with Crippen LogP contribution in [0.15, 0.2) is 66.9 Å². The maximum atomic E-state index is 12.4. The molecule has 142 valence electrons. The van der Waals surface area contributed by atoms with E-state index in [4.69, 9.17) is 0 Å². The Labute approximate surface area is 163 Å². The molecule has 0 radical (unpaired) electrons. The van der Waals surface area contributed by atoms with Crippen LogP contribution in [0.1, 0.15) is 32.0 Å². The molecule has 6 heteroatoms. The monoisotopic (exact) mass is 375 g/mol. The molecule has 3 rings (SSSR count). The van der Waals surface area contributed by atoms with Crippen molar-refractivity contribution in [1.82, 2.24) is 4.98 Å². The Bertz CT molecular complexity index is 984. The molecule has 28 heavy (non-hydrogen) atoms. The third-order valence-corrected chi connectivity index (χ3v) is 4.12. The molecule has 0 atom stereocenters. The second-order valence-corrected chi connectivity index (χ2v) is 6.30. The quantitative estimate of drug-likeness (QED) is 0.636. The van der Waals surface area contributed by atoms with Gasteiger partial charge in [-0.25, -0.2) is 9.78 Å². The number of hydrogen-bond acceptors (Lipinski definition) is 5. The van der Waals surface area contributed by atoms with Gasteiger partial charge in [0.1, 0.15) is 5.69 Å². The number of rotatable bonds is 6. The summed E-state index contributed by atoms with van der Waals surface area (Å²) in [6.07, 6.45) is 1.62. The van der Waals surface area contributed by atoms with Crippen LogP contribution in [0.3, 0.4) is 0 Å². The summed E-state index contributed by atoms with van der Waals surface area (Å²) in [7, 11) is 1.31. The molecular formula is C22H21N3O3. The van der Waals surface area contributed by atoms with Crippen LogP contribution in [-0.2, 0) is 11.3 Å². The van der Waals surface area contributed by atoms with E-state index in [-0.39, 0.29) is 11.6 Å². The predicted octanol–water partition coefficient (Wildman–Crippen LogP) is 4.04. The van der Waals surface area contributed by atoms with Gasteiger partial charge in [0.15, 0.2) is 0 Å². The van der Waals surface area contributed by atoms with Crippen LogP contribution in [0.4, 0.5) is 11.4 Å². The van der Waals surface area contributed by atoms with Crippen molar-refractivity contribution in [3.63, 3.8) is 0 Å². The number of nitrogens with one attached hydrogen (secondary N) is 2. The van der Waals surface area contributed by atoms with E-state index in [9.17, 15) is 9.59 Å². The van der Waals surface area contributed by atoms with E-state index in [1.807, 2.05) is 12.1 Å². The van der Waals surface area contributed by atoms with Gasteiger partial charge in [-0.2, -0.15) is 0 Å². The first-order chi connectivity index (χ1) is 13.5. The van der Waals surface area contributed by atoms with E-state index < -0.39 is 5.97 Å². The number of carbonyl (C=O) groups is 2. The number of amides is 1. The number of esters is 1. The van der Waals surface area contributed by atoms with Gasteiger partial charge in [-0.15, -0.1) is 0 Å². The molecular weight excluding hydrogens is 354 g/mol. The molecule has 0 aliphatic carbocycles. The van der Waals surface area contributed by atoms with Crippen molar-refractivity contribution in [2.75, 3.05) is 17.7 Å². The van der Waals surface area contributed by atoms with Gasteiger partial charge in [-0.05, 0) is 42.8 Å². The van der Waals surface area contributed by atoms with E-state index in [0.717, 1.165) is 5.69 Å². The lowest BCUT2D eigenvalue weighted by Crippen LogP contribution is -2.14. The molecule has 2 N–H and O–H groups in total. The minimum atomic E-state index is -0.460. The zero-order valence-electron chi connectivity index (χ0n) is 15.7. The molecule has 0 bridgehead atoms. The van der Waals surface area contributed by atoms with Crippen molar-refractivity contribution in [2.24, 2.45) is 0 Å². The highest BCUT2D eigenvalue weighted by molar-refractivity contribution is 6.03. The predicted molar refractivity (Wildman–Crippen MR) is 108 cm³/mol. The molecule has 0 saturated carbocycles. The minimum absolute atomic E-state index is 0.282. The van der Waals surface area contributed by atoms with Crippen LogP contribution in [0.2, 0.25) is 0 Å². The average molecular weight is 375 g/mol. The van der Waals surface area contributed by atoms with Crippen LogP contribution in [-0.4, -0.2) is 24.0 Å². The van der Waals surface area contributed by atoms with Crippen LogP contribution in [0.25, 0.3) is 0 Å². The summed E-state index contributed by atoms with van der Waals surface area (Å²) >= 11 is 0. The Hall–Kier alpha value is -3.67. The molecule has 0 spiro atoms. The maximum Gasteiger partial charge on any atom is 0.337 e. The van der Waals surface area contributed by atoms with Crippen LogP contribution in [0, 0.1) is 6.92 Å². The van der Waals surface area contributed by atoms with E-state index in [1.54, 1.807) is 36.5 Å². The number of methoxy groups -OCH3 is 1. The van der Waals surface area contributed by atoms with E-state index >= 15 is 0 Å². The van der Waals surface area contributed by atoms with Gasteiger partial charge in [0.05, 0.1) is 24.6 Å². The summed E-state index contributed by atoms with van der Waals surface area (Å²) in [6, 6.07) is 18.3. The number of carbonyl (C=O) groups excluding carboxylic acids is 2. The van der Waals surface area contributed by atoms with Crippen LogP contribution in [0.5, 0.6) is 0 Å². The minimum Gasteiger partial charge on any atom is -0.465 e. The zero-order chi connectivity index (χ0) is 19.9. The number of ether oxygens (including phenoxy) is 1. The second-order valence-electron chi connectivity index (χ2n) is 6.30. The fraction of sp³-hybridized carbons (Fsp3) is 0.136. The molecule has 6 nitrogen and oxygen atoms in total. The average Bonchev–Trinajstić information content (AvgIpc) is 2.72. The van der Waals surface area contributed by atoms with Gasteiger partial charge >= 0.3 is 5.97 Å². The standard InChI is InChI=1S/C22H21N3O3/c1-15-5-3-6-16(11-15)13-23-19-9-10-20(24-14-19)21(26)25-18-8-4-7-17(12-18)22(27)28-2/h3-12,14,23H,13H2,1-2H3,(H,25,26). The van der Waals surface area contributed by atoms with Gasteiger partial charge in [0.2, 0.25) is 0 Å². The third-order valence-electron chi connectivity index (χ3n) is 4.12. The van der Waals surface area contributed by atoms with Crippen LogP contribution < -0.4 is 10.6 Å². The van der Waals surface area contributed by atoms with Crippen molar-refractivity contribution in [1.29, 1.82) is 0 Å². The van der Waals surface area contributed by atoms with E-state index in [2.05, 4.69) is 45.5 Å². The molecule has 0 unspecified atom stereocenters. The molecule has 1 amide bonds. The zero-order valence-corrected chi connectivity index (χ0v) is 15.7. The topological polar surface area (TPSA) is 80.3 Å². The van der Waals surface area contributed by atoms with Gasteiger partial charge in [-0.3, -0.25) is 4.79 Å². The number of pyridine rings is 1. The largest absolute Gasteiger partial charge is 0.465 e. The summed E-state index contributed by atoms with van der Waals surface area (Å²) in [5, 5.41) is 6.02. The maximum absolute atomic E-state index is 12.4. The van der Waals surface area contributed by atoms with Gasteiger partial charge in [0.25, 0.3) is 5.91 Å². The molecule has 0 aliphatic heterocycles. The van der Waals surface area contributed by atoms with Crippen molar-refractivity contribution in [3.05, 3.63) is 89.2 Å². The number of nitrogens with zero attached hydrogens (tertiary/aromatic N) is 1. The van der Waals surface area contributed by atoms with Crippen LogP contribution >= 0.6 is 0 Å². The summed E-state index contributed by atoms with van der Waals surface area (Å²) in [6.45, 7) is 2.73. The van der Waals surface area contributed by atoms with Gasteiger partial charge in [0, 0.05) is 12.2 Å². The number of hydrogen-bond donors (Lipinski definition) is 2. The lowest BCUT2D eigenvalue weighted by atomic mass is 10.1. The summed E-state index contributed by atoms with van der Waals surface area (Å²) in [5.41, 5.74) is 4.35. The Morgan fingerprint density at radius 2 is 1.82 bits per heavy atom. The summed E-state index contributed by atoms with van der Waals surface area (Å²) < 4.78 is 4.68. The van der Waals surface area contributed by atoms with Gasteiger partial charge < -0.3 is 15.4 Å². The second kappa shape index (κ2) is 8.81. The van der Waals surface area contributed by atoms with Crippen molar-refractivity contribution >= 4 is 23.3 Å². The summed E-state index contributed by atoms with van der Waals surface area (Å²) in [4.78, 5) is 28.2. The molecule has 0 fully saturated rings. The first-order valence-electron chi connectivity index (χ1n) is 8.80. The molecule has 2 aromatic carbocycles. The fourth-order valence-corrected chi connectivity index (χ4v) is 2.70. The Balaban J connectivity index is 1.61. The number of anilines is 2. The highest BCUT2D eigenvalue weighted by atomic mass is 16.5. The lowest BCUT2D eigenvalue weighted by molar-refractivity contribution is 0.0600. The highest BCUT2D eigenvalue weighted by Crippen LogP contribution is 2.14. The van der Waals surface area contributed by atoms with E-state index in [1.165, 1.54) is 18.2 Å². The molecule has 1 aromatic heterocycles. The Morgan fingerprint density at radius 3 is 2.54 bits per heavy atom. The lowest BCUT2D eigenvalue weighted by Gasteiger charge is -2.09. The van der Waals surface area contributed by atoms with Gasteiger partial charge in [-0.1, -0.05) is 35.9 Å². The molecule has 0 saturated heterocycles. The first kappa shape index (κ1) is 19.1. The van der Waals surface area contributed by atoms with Crippen molar-refractivity contribution < 1.29 is 14.3 Å². The summed E-state index contributed by atoms with van der Waals surface area (Å²) in [5.74, 6) is -0.814. The molecule has 3 aromatic rings. The van der Waals surface area contributed by atoms with Crippen molar-refractivity contribution in [3.8, 4) is 0 Å².